The lowest BCUT2D eigenvalue weighted by Crippen LogP contribution is -2.46. The van der Waals surface area contributed by atoms with Crippen LogP contribution in [0, 0.1) is 0 Å². The second-order valence-corrected chi connectivity index (χ2v) is 5.63. The number of anilines is 2. The maximum absolute atomic E-state index is 5.97. The van der Waals surface area contributed by atoms with Gasteiger partial charge in [0.25, 0.3) is 0 Å². The standard InChI is InChI=1S/C15H18N8/c16-13-12-14(19-10-18-12)21-15(20-13)23-7-5-22(6-8-23)9-11-1-3-17-4-2-11/h1-4,10H,5-9H2,(H3,16,18,19,20,21). The fourth-order valence-electron chi connectivity index (χ4n) is 2.84. The molecular weight excluding hydrogens is 292 g/mol. The summed E-state index contributed by atoms with van der Waals surface area (Å²) in [6.07, 6.45) is 5.26. The molecule has 118 valence electrons. The van der Waals surface area contributed by atoms with Gasteiger partial charge in [0.15, 0.2) is 11.5 Å². The lowest BCUT2D eigenvalue weighted by Gasteiger charge is -2.34. The highest BCUT2D eigenvalue weighted by molar-refractivity contribution is 5.82. The number of nitrogens with two attached hydrogens (primary N) is 1. The van der Waals surface area contributed by atoms with Crippen molar-refractivity contribution in [1.82, 2.24) is 29.8 Å². The molecule has 0 unspecified atom stereocenters. The predicted octanol–water partition coefficient (Wildman–Crippen LogP) is 0.652. The van der Waals surface area contributed by atoms with Crippen molar-refractivity contribution in [3.8, 4) is 0 Å². The zero-order valence-electron chi connectivity index (χ0n) is 12.7. The number of nitrogens with zero attached hydrogens (tertiary/aromatic N) is 6. The van der Waals surface area contributed by atoms with Gasteiger partial charge in [-0.05, 0) is 17.7 Å². The van der Waals surface area contributed by atoms with Gasteiger partial charge in [-0.15, -0.1) is 0 Å². The third-order valence-corrected chi connectivity index (χ3v) is 4.11. The molecule has 1 aliphatic rings. The van der Waals surface area contributed by atoms with Crippen molar-refractivity contribution in [2.75, 3.05) is 36.8 Å². The van der Waals surface area contributed by atoms with Crippen LogP contribution in [0.1, 0.15) is 5.56 Å². The minimum Gasteiger partial charge on any atom is -0.382 e. The highest BCUT2D eigenvalue weighted by Gasteiger charge is 2.20. The molecule has 1 saturated heterocycles. The van der Waals surface area contributed by atoms with E-state index < -0.39 is 0 Å². The van der Waals surface area contributed by atoms with E-state index in [2.05, 4.69) is 46.9 Å². The van der Waals surface area contributed by atoms with E-state index in [4.69, 9.17) is 5.73 Å². The van der Waals surface area contributed by atoms with Gasteiger partial charge in [0.1, 0.15) is 5.52 Å². The molecule has 23 heavy (non-hydrogen) atoms. The van der Waals surface area contributed by atoms with Gasteiger partial charge in [0.2, 0.25) is 5.95 Å². The van der Waals surface area contributed by atoms with Gasteiger partial charge in [0.05, 0.1) is 6.33 Å². The molecule has 0 bridgehead atoms. The van der Waals surface area contributed by atoms with E-state index >= 15 is 0 Å². The summed E-state index contributed by atoms with van der Waals surface area (Å²) < 4.78 is 0. The zero-order chi connectivity index (χ0) is 15.6. The smallest absolute Gasteiger partial charge is 0.229 e. The monoisotopic (exact) mass is 310 g/mol. The molecule has 0 aromatic carbocycles. The van der Waals surface area contributed by atoms with Crippen LogP contribution in [0.3, 0.4) is 0 Å². The largest absolute Gasteiger partial charge is 0.382 e. The molecule has 0 saturated carbocycles. The first-order valence-corrected chi connectivity index (χ1v) is 7.62. The zero-order valence-corrected chi connectivity index (χ0v) is 12.7. The number of H-pyrrole nitrogens is 1. The van der Waals surface area contributed by atoms with Crippen molar-refractivity contribution in [3.63, 3.8) is 0 Å². The van der Waals surface area contributed by atoms with Crippen LogP contribution in [0.15, 0.2) is 30.9 Å². The van der Waals surface area contributed by atoms with Crippen molar-refractivity contribution in [1.29, 1.82) is 0 Å². The molecule has 3 aromatic heterocycles. The Bertz CT molecular complexity index is 792. The number of aromatic nitrogens is 5. The van der Waals surface area contributed by atoms with Crippen LogP contribution in [-0.4, -0.2) is 56.0 Å². The van der Waals surface area contributed by atoms with E-state index in [0.29, 0.717) is 22.9 Å². The van der Waals surface area contributed by atoms with E-state index in [1.807, 2.05) is 12.4 Å². The van der Waals surface area contributed by atoms with E-state index in [1.54, 1.807) is 6.33 Å². The Morgan fingerprint density at radius 1 is 1.09 bits per heavy atom. The van der Waals surface area contributed by atoms with E-state index in [0.717, 1.165) is 32.7 Å². The highest BCUT2D eigenvalue weighted by atomic mass is 15.3. The van der Waals surface area contributed by atoms with E-state index in [9.17, 15) is 0 Å². The number of fused-ring (bicyclic) bond motifs is 1. The lowest BCUT2D eigenvalue weighted by molar-refractivity contribution is 0.248. The maximum atomic E-state index is 5.97. The minimum absolute atomic E-state index is 0.446. The first-order chi connectivity index (χ1) is 11.3. The number of aromatic amines is 1. The van der Waals surface area contributed by atoms with Gasteiger partial charge in [-0.1, -0.05) is 0 Å². The average Bonchev–Trinajstić information content (AvgIpc) is 3.06. The number of imidazole rings is 1. The van der Waals surface area contributed by atoms with Gasteiger partial charge in [0, 0.05) is 45.1 Å². The molecule has 1 fully saturated rings. The molecule has 0 radical (unpaired) electrons. The van der Waals surface area contributed by atoms with Crippen molar-refractivity contribution in [2.24, 2.45) is 0 Å². The average molecular weight is 310 g/mol. The number of nitrogens with one attached hydrogen (secondary N) is 1. The Morgan fingerprint density at radius 3 is 2.65 bits per heavy atom. The fraction of sp³-hybridized carbons (Fsp3) is 0.333. The van der Waals surface area contributed by atoms with Crippen LogP contribution in [-0.2, 0) is 6.54 Å². The van der Waals surface area contributed by atoms with Gasteiger partial charge < -0.3 is 15.6 Å². The van der Waals surface area contributed by atoms with E-state index in [-0.39, 0.29) is 0 Å². The predicted molar refractivity (Wildman–Crippen MR) is 87.8 cm³/mol. The first kappa shape index (κ1) is 13.9. The molecule has 0 aliphatic carbocycles. The third kappa shape index (κ3) is 2.80. The first-order valence-electron chi connectivity index (χ1n) is 7.62. The fourth-order valence-corrected chi connectivity index (χ4v) is 2.84. The summed E-state index contributed by atoms with van der Waals surface area (Å²) in [6.45, 7) is 4.62. The summed E-state index contributed by atoms with van der Waals surface area (Å²) >= 11 is 0. The summed E-state index contributed by atoms with van der Waals surface area (Å²) in [7, 11) is 0. The summed E-state index contributed by atoms with van der Waals surface area (Å²) in [4.78, 5) is 24.7. The summed E-state index contributed by atoms with van der Waals surface area (Å²) in [5.41, 5.74) is 8.57. The number of piperazine rings is 1. The van der Waals surface area contributed by atoms with E-state index in [1.165, 1.54) is 5.56 Å². The SMILES string of the molecule is Nc1nc(N2CCN(Cc3ccncc3)CC2)nc2nc[nH]c12. The van der Waals surface area contributed by atoms with Gasteiger partial charge in [-0.3, -0.25) is 9.88 Å². The summed E-state index contributed by atoms with van der Waals surface area (Å²) in [5, 5.41) is 0. The van der Waals surface area contributed by atoms with Gasteiger partial charge in [-0.2, -0.15) is 9.97 Å². The van der Waals surface area contributed by atoms with Crippen LogP contribution >= 0.6 is 0 Å². The van der Waals surface area contributed by atoms with Crippen LogP contribution in [0.2, 0.25) is 0 Å². The second kappa shape index (κ2) is 5.81. The van der Waals surface area contributed by atoms with Crippen LogP contribution in [0.5, 0.6) is 0 Å². The molecule has 1 aliphatic heterocycles. The number of pyridine rings is 1. The lowest BCUT2D eigenvalue weighted by atomic mass is 10.2. The Kier molecular flexibility index (Phi) is 3.51. The number of hydrogen-bond acceptors (Lipinski definition) is 7. The molecule has 3 aromatic rings. The Hall–Kier alpha value is -2.74. The molecule has 4 rings (SSSR count). The molecule has 8 heteroatoms. The highest BCUT2D eigenvalue weighted by Crippen LogP contribution is 2.19. The van der Waals surface area contributed by atoms with Crippen molar-refractivity contribution < 1.29 is 0 Å². The molecule has 8 nitrogen and oxygen atoms in total. The Balaban J connectivity index is 1.44. The minimum atomic E-state index is 0.446. The topological polar surface area (TPSA) is 99.8 Å². The Morgan fingerprint density at radius 2 is 1.87 bits per heavy atom. The third-order valence-electron chi connectivity index (χ3n) is 4.11. The van der Waals surface area contributed by atoms with Crippen molar-refractivity contribution >= 4 is 22.9 Å². The number of rotatable bonds is 3. The van der Waals surface area contributed by atoms with Crippen molar-refractivity contribution in [3.05, 3.63) is 36.4 Å². The molecule has 3 N–H and O–H groups in total. The van der Waals surface area contributed by atoms with Crippen LogP contribution < -0.4 is 10.6 Å². The number of nitrogen functional groups attached to an aromatic ring is 1. The van der Waals surface area contributed by atoms with Crippen LogP contribution in [0.25, 0.3) is 11.2 Å². The number of hydrogen-bond donors (Lipinski definition) is 2. The Labute approximate surface area is 133 Å². The molecule has 0 spiro atoms. The van der Waals surface area contributed by atoms with Gasteiger partial charge >= 0.3 is 0 Å². The quantitative estimate of drug-likeness (QED) is 0.732. The van der Waals surface area contributed by atoms with Gasteiger partial charge in [-0.25, -0.2) is 4.98 Å². The summed E-state index contributed by atoms with van der Waals surface area (Å²) in [6, 6.07) is 4.11. The van der Waals surface area contributed by atoms with Crippen LogP contribution in [0.4, 0.5) is 11.8 Å². The summed E-state index contributed by atoms with van der Waals surface area (Å²) in [5.74, 6) is 1.10. The molecule has 0 atom stereocenters. The maximum Gasteiger partial charge on any atom is 0.229 e. The normalized spacial score (nSPS) is 16.1. The molecule has 4 heterocycles. The second-order valence-electron chi connectivity index (χ2n) is 5.63. The van der Waals surface area contributed by atoms with Crippen molar-refractivity contribution in [2.45, 2.75) is 6.54 Å². The molecular formula is C15H18N8. The molecule has 0 amide bonds.